The number of aliphatic hydroxyl groups excluding tert-OH is 1. The van der Waals surface area contributed by atoms with Crippen molar-refractivity contribution in [2.75, 3.05) is 6.61 Å². The average molecular weight is 315 g/mol. The minimum atomic E-state index is -0.523. The molecule has 2 rings (SSSR count). The van der Waals surface area contributed by atoms with Crippen molar-refractivity contribution in [1.82, 2.24) is 0 Å². The SMILES string of the molecule is CC(N)(CO)CCc1ccc(CCCCCc2ccccc2)o1. The van der Waals surface area contributed by atoms with Gasteiger partial charge in [0.1, 0.15) is 11.5 Å². The summed E-state index contributed by atoms with van der Waals surface area (Å²) >= 11 is 0. The summed E-state index contributed by atoms with van der Waals surface area (Å²) in [5.41, 5.74) is 6.84. The lowest BCUT2D eigenvalue weighted by Crippen LogP contribution is -2.40. The van der Waals surface area contributed by atoms with Crippen molar-refractivity contribution in [3.8, 4) is 0 Å². The van der Waals surface area contributed by atoms with Crippen LogP contribution in [0.2, 0.25) is 0 Å². The van der Waals surface area contributed by atoms with Crippen LogP contribution in [0, 0.1) is 0 Å². The van der Waals surface area contributed by atoms with Crippen molar-refractivity contribution in [3.63, 3.8) is 0 Å². The first-order chi connectivity index (χ1) is 11.1. The Balaban J connectivity index is 1.63. The van der Waals surface area contributed by atoms with E-state index in [9.17, 15) is 5.11 Å². The monoisotopic (exact) mass is 315 g/mol. The molecule has 2 aromatic rings. The van der Waals surface area contributed by atoms with E-state index in [0.717, 1.165) is 43.6 Å². The Morgan fingerprint density at radius 3 is 2.26 bits per heavy atom. The van der Waals surface area contributed by atoms with Crippen LogP contribution in [0.25, 0.3) is 0 Å². The Kier molecular flexibility index (Phi) is 6.87. The molecule has 1 atom stereocenters. The summed E-state index contributed by atoms with van der Waals surface area (Å²) in [6.45, 7) is 1.87. The van der Waals surface area contributed by atoms with Gasteiger partial charge in [0, 0.05) is 18.4 Å². The molecule has 1 aromatic carbocycles. The van der Waals surface area contributed by atoms with E-state index in [1.54, 1.807) is 0 Å². The first-order valence-electron chi connectivity index (χ1n) is 8.60. The van der Waals surface area contributed by atoms with Crippen LogP contribution in [0.15, 0.2) is 46.9 Å². The minimum absolute atomic E-state index is 0.00196. The fraction of sp³-hybridized carbons (Fsp3) is 0.500. The lowest BCUT2D eigenvalue weighted by Gasteiger charge is -2.20. The van der Waals surface area contributed by atoms with Crippen LogP contribution in [-0.2, 0) is 19.3 Å². The van der Waals surface area contributed by atoms with E-state index in [4.69, 9.17) is 10.2 Å². The van der Waals surface area contributed by atoms with E-state index in [1.807, 2.05) is 13.0 Å². The Morgan fingerprint density at radius 1 is 0.913 bits per heavy atom. The highest BCUT2D eigenvalue weighted by molar-refractivity contribution is 5.14. The quantitative estimate of drug-likeness (QED) is 0.654. The highest BCUT2D eigenvalue weighted by Gasteiger charge is 2.17. The Labute approximate surface area is 139 Å². The molecular formula is C20H29NO2. The molecule has 3 nitrogen and oxygen atoms in total. The third kappa shape index (κ3) is 6.59. The smallest absolute Gasteiger partial charge is 0.104 e. The van der Waals surface area contributed by atoms with E-state index in [1.165, 1.54) is 18.4 Å². The van der Waals surface area contributed by atoms with E-state index in [0.29, 0.717) is 0 Å². The summed E-state index contributed by atoms with van der Waals surface area (Å²) in [6.07, 6.45) is 7.26. The molecule has 1 heterocycles. The molecule has 1 aromatic heterocycles. The number of benzene rings is 1. The molecular weight excluding hydrogens is 286 g/mol. The normalized spacial score (nSPS) is 13.9. The highest BCUT2D eigenvalue weighted by Crippen LogP contribution is 2.16. The van der Waals surface area contributed by atoms with E-state index in [2.05, 4.69) is 36.4 Å². The van der Waals surface area contributed by atoms with Crippen LogP contribution < -0.4 is 5.73 Å². The van der Waals surface area contributed by atoms with E-state index < -0.39 is 5.54 Å². The molecule has 0 amide bonds. The molecule has 0 aliphatic carbocycles. The summed E-state index contributed by atoms with van der Waals surface area (Å²) in [6, 6.07) is 14.7. The maximum Gasteiger partial charge on any atom is 0.104 e. The van der Waals surface area contributed by atoms with Gasteiger partial charge >= 0.3 is 0 Å². The van der Waals surface area contributed by atoms with Crippen molar-refractivity contribution < 1.29 is 9.52 Å². The van der Waals surface area contributed by atoms with Crippen molar-refractivity contribution >= 4 is 0 Å². The lowest BCUT2D eigenvalue weighted by molar-refractivity contribution is 0.198. The molecule has 0 saturated heterocycles. The number of nitrogens with two attached hydrogens (primary N) is 1. The number of unbranched alkanes of at least 4 members (excludes halogenated alkanes) is 2. The van der Waals surface area contributed by atoms with Crippen molar-refractivity contribution in [2.45, 2.75) is 57.4 Å². The van der Waals surface area contributed by atoms with Gasteiger partial charge in [0.05, 0.1) is 6.61 Å². The first kappa shape index (κ1) is 17.8. The van der Waals surface area contributed by atoms with Gasteiger partial charge in [-0.1, -0.05) is 36.8 Å². The standard InChI is InChI=1S/C20H29NO2/c1-20(21,16-22)15-14-19-13-12-18(23-19)11-7-3-6-10-17-8-4-2-5-9-17/h2,4-5,8-9,12-13,22H,3,6-7,10-11,14-16,21H2,1H3. The van der Waals surface area contributed by atoms with Crippen LogP contribution in [0.4, 0.5) is 0 Å². The summed E-state index contributed by atoms with van der Waals surface area (Å²) in [5.74, 6) is 2.02. The average Bonchev–Trinajstić information content (AvgIpc) is 3.02. The first-order valence-corrected chi connectivity index (χ1v) is 8.60. The largest absolute Gasteiger partial charge is 0.466 e. The Morgan fingerprint density at radius 2 is 1.57 bits per heavy atom. The summed E-state index contributed by atoms with van der Waals surface area (Å²) < 4.78 is 5.85. The van der Waals surface area contributed by atoms with Crippen LogP contribution in [-0.4, -0.2) is 17.3 Å². The van der Waals surface area contributed by atoms with Gasteiger partial charge in [-0.25, -0.2) is 0 Å². The molecule has 0 saturated carbocycles. The van der Waals surface area contributed by atoms with E-state index >= 15 is 0 Å². The molecule has 0 bridgehead atoms. The van der Waals surface area contributed by atoms with Gasteiger partial charge in [0.15, 0.2) is 0 Å². The molecule has 3 heteroatoms. The molecule has 0 aliphatic rings. The van der Waals surface area contributed by atoms with Crippen LogP contribution in [0.3, 0.4) is 0 Å². The zero-order valence-electron chi connectivity index (χ0n) is 14.1. The topological polar surface area (TPSA) is 59.4 Å². The second-order valence-electron chi connectivity index (χ2n) is 6.73. The number of aryl methyl sites for hydroxylation is 3. The second kappa shape index (κ2) is 8.90. The predicted molar refractivity (Wildman–Crippen MR) is 94.4 cm³/mol. The molecule has 0 spiro atoms. The molecule has 0 aliphatic heterocycles. The van der Waals surface area contributed by atoms with Gasteiger partial charge in [-0.15, -0.1) is 0 Å². The zero-order chi connectivity index (χ0) is 16.5. The van der Waals surface area contributed by atoms with Gasteiger partial charge in [-0.3, -0.25) is 0 Å². The van der Waals surface area contributed by atoms with Crippen LogP contribution in [0.5, 0.6) is 0 Å². The number of furan rings is 1. The van der Waals surface area contributed by atoms with Crippen LogP contribution in [0.1, 0.15) is 49.7 Å². The molecule has 0 radical (unpaired) electrons. The maximum atomic E-state index is 9.17. The number of hydrogen-bond acceptors (Lipinski definition) is 3. The third-order valence-electron chi connectivity index (χ3n) is 4.25. The maximum absolute atomic E-state index is 9.17. The second-order valence-corrected chi connectivity index (χ2v) is 6.73. The molecule has 23 heavy (non-hydrogen) atoms. The van der Waals surface area contributed by atoms with Crippen molar-refractivity contribution in [3.05, 3.63) is 59.5 Å². The van der Waals surface area contributed by atoms with Gasteiger partial charge < -0.3 is 15.3 Å². The number of aliphatic hydroxyl groups is 1. The van der Waals surface area contributed by atoms with Gasteiger partial charge in [0.2, 0.25) is 0 Å². The van der Waals surface area contributed by atoms with Crippen LogP contribution >= 0.6 is 0 Å². The molecule has 0 fully saturated rings. The van der Waals surface area contributed by atoms with Gasteiger partial charge in [0.25, 0.3) is 0 Å². The summed E-state index contributed by atoms with van der Waals surface area (Å²) in [5, 5.41) is 9.17. The highest BCUT2D eigenvalue weighted by atomic mass is 16.3. The minimum Gasteiger partial charge on any atom is -0.466 e. The zero-order valence-corrected chi connectivity index (χ0v) is 14.1. The molecule has 126 valence electrons. The molecule has 1 unspecified atom stereocenters. The molecule has 3 N–H and O–H groups in total. The van der Waals surface area contributed by atoms with Crippen molar-refractivity contribution in [1.29, 1.82) is 0 Å². The summed E-state index contributed by atoms with van der Waals surface area (Å²) in [7, 11) is 0. The predicted octanol–water partition coefficient (Wildman–Crippen LogP) is 3.88. The number of rotatable bonds is 10. The fourth-order valence-corrected chi connectivity index (χ4v) is 2.63. The Bertz CT molecular complexity index is 560. The fourth-order valence-electron chi connectivity index (χ4n) is 2.63. The Hall–Kier alpha value is -1.58. The third-order valence-corrected chi connectivity index (χ3v) is 4.25. The summed E-state index contributed by atoms with van der Waals surface area (Å²) in [4.78, 5) is 0. The number of hydrogen-bond donors (Lipinski definition) is 2. The van der Waals surface area contributed by atoms with E-state index in [-0.39, 0.29) is 6.61 Å². The van der Waals surface area contributed by atoms with Gasteiger partial charge in [-0.2, -0.15) is 0 Å². The van der Waals surface area contributed by atoms with Gasteiger partial charge in [-0.05, 0) is 50.3 Å². The van der Waals surface area contributed by atoms with Crippen molar-refractivity contribution in [2.24, 2.45) is 5.73 Å². The lowest BCUT2D eigenvalue weighted by atomic mass is 9.98.